The Morgan fingerprint density at radius 1 is 1.27 bits per heavy atom. The fourth-order valence-corrected chi connectivity index (χ4v) is 3.35. The van der Waals surface area contributed by atoms with Gasteiger partial charge in [-0.1, -0.05) is 41.9 Å². The highest BCUT2D eigenvalue weighted by Crippen LogP contribution is 2.21. The first-order chi connectivity index (χ1) is 12.6. The van der Waals surface area contributed by atoms with Gasteiger partial charge in [0.25, 0.3) is 5.56 Å². The molecule has 7 heteroatoms. The Kier molecular flexibility index (Phi) is 4.53. The lowest BCUT2D eigenvalue weighted by Gasteiger charge is -2.27. The molecule has 3 heterocycles. The van der Waals surface area contributed by atoms with Gasteiger partial charge in [-0.25, -0.2) is 9.97 Å². The van der Waals surface area contributed by atoms with Gasteiger partial charge in [-0.15, -0.1) is 0 Å². The van der Waals surface area contributed by atoms with Crippen LogP contribution >= 0.6 is 11.6 Å². The van der Waals surface area contributed by atoms with E-state index in [1.807, 2.05) is 35.2 Å². The van der Waals surface area contributed by atoms with E-state index in [2.05, 4.69) is 15.0 Å². The van der Waals surface area contributed by atoms with Crippen molar-refractivity contribution in [3.8, 4) is 11.4 Å². The first-order valence-electron chi connectivity index (χ1n) is 8.30. The van der Waals surface area contributed by atoms with Gasteiger partial charge < -0.3 is 4.98 Å². The van der Waals surface area contributed by atoms with Crippen LogP contribution in [-0.2, 0) is 19.5 Å². The van der Waals surface area contributed by atoms with Gasteiger partial charge in [0.15, 0.2) is 0 Å². The predicted molar refractivity (Wildman–Crippen MR) is 97.3 cm³/mol. The average molecular weight is 371 g/mol. The molecule has 5 nitrogen and oxygen atoms in total. The van der Waals surface area contributed by atoms with E-state index in [9.17, 15) is 9.18 Å². The van der Waals surface area contributed by atoms with E-state index in [0.29, 0.717) is 48.0 Å². The van der Waals surface area contributed by atoms with E-state index in [0.717, 1.165) is 11.3 Å². The molecule has 0 amide bonds. The Labute approximate surface area is 154 Å². The fraction of sp³-hybridized carbons (Fsp3) is 0.211. The third-order valence-corrected chi connectivity index (χ3v) is 4.67. The van der Waals surface area contributed by atoms with Crippen molar-refractivity contribution in [1.29, 1.82) is 0 Å². The number of fused-ring (bicyclic) bond motifs is 1. The summed E-state index contributed by atoms with van der Waals surface area (Å²) in [5.41, 5.74) is 2.58. The van der Waals surface area contributed by atoms with Crippen molar-refractivity contribution < 1.29 is 4.39 Å². The zero-order chi connectivity index (χ0) is 18.1. The van der Waals surface area contributed by atoms with Crippen molar-refractivity contribution >= 4 is 11.6 Å². The van der Waals surface area contributed by atoms with Gasteiger partial charge in [0, 0.05) is 43.4 Å². The molecule has 132 valence electrons. The van der Waals surface area contributed by atoms with Crippen molar-refractivity contribution in [3.63, 3.8) is 0 Å². The summed E-state index contributed by atoms with van der Waals surface area (Å²) in [5, 5.41) is 0.394. The number of aromatic nitrogens is 3. The minimum atomic E-state index is -0.536. The Hall–Kier alpha value is -2.57. The smallest absolute Gasteiger partial charge is 0.255 e. The SMILES string of the molecule is O=c1[nH]c(-c2ccccc2)nc2c1CN(Cc1cc(Cl)cnc1F)CC2. The number of hydrogen-bond donors (Lipinski definition) is 1. The van der Waals surface area contributed by atoms with Crippen molar-refractivity contribution in [1.82, 2.24) is 19.9 Å². The summed E-state index contributed by atoms with van der Waals surface area (Å²) in [6.45, 7) is 1.45. The molecule has 1 N–H and O–H groups in total. The molecule has 0 spiro atoms. The molecule has 0 saturated carbocycles. The second kappa shape index (κ2) is 6.97. The minimum Gasteiger partial charge on any atom is -0.306 e. The third kappa shape index (κ3) is 3.38. The number of hydrogen-bond acceptors (Lipinski definition) is 4. The van der Waals surface area contributed by atoms with Crippen LogP contribution in [0.1, 0.15) is 16.8 Å². The minimum absolute atomic E-state index is 0.150. The highest BCUT2D eigenvalue weighted by Gasteiger charge is 2.22. The van der Waals surface area contributed by atoms with Gasteiger partial charge in [-0.3, -0.25) is 9.69 Å². The molecule has 0 aliphatic carbocycles. The quantitative estimate of drug-likeness (QED) is 0.719. The van der Waals surface area contributed by atoms with Gasteiger partial charge in [0.2, 0.25) is 5.95 Å². The summed E-state index contributed by atoms with van der Waals surface area (Å²) in [6.07, 6.45) is 1.92. The number of H-pyrrole nitrogens is 1. The van der Waals surface area contributed by atoms with Gasteiger partial charge in [-0.05, 0) is 6.07 Å². The van der Waals surface area contributed by atoms with Crippen LogP contribution in [-0.4, -0.2) is 26.4 Å². The van der Waals surface area contributed by atoms with Crippen LogP contribution in [0.25, 0.3) is 11.4 Å². The molecule has 0 unspecified atom stereocenters. The van der Waals surface area contributed by atoms with Crippen molar-refractivity contribution in [2.75, 3.05) is 6.54 Å². The molecule has 1 aliphatic heterocycles. The number of nitrogens with one attached hydrogen (secondary N) is 1. The van der Waals surface area contributed by atoms with E-state index in [4.69, 9.17) is 11.6 Å². The van der Waals surface area contributed by atoms with E-state index in [1.165, 1.54) is 6.20 Å². The molecule has 1 aromatic carbocycles. The molecule has 0 atom stereocenters. The highest BCUT2D eigenvalue weighted by atomic mass is 35.5. The van der Waals surface area contributed by atoms with Crippen LogP contribution in [0.15, 0.2) is 47.4 Å². The van der Waals surface area contributed by atoms with Gasteiger partial charge in [-0.2, -0.15) is 4.39 Å². The van der Waals surface area contributed by atoms with Gasteiger partial charge in [0.05, 0.1) is 16.3 Å². The number of benzene rings is 1. The highest BCUT2D eigenvalue weighted by molar-refractivity contribution is 6.30. The van der Waals surface area contributed by atoms with Gasteiger partial charge >= 0.3 is 0 Å². The lowest BCUT2D eigenvalue weighted by atomic mass is 10.1. The normalized spacial score (nSPS) is 14.2. The number of rotatable bonds is 3. The molecular weight excluding hydrogens is 355 g/mol. The molecule has 26 heavy (non-hydrogen) atoms. The van der Waals surface area contributed by atoms with Crippen LogP contribution in [0.3, 0.4) is 0 Å². The van der Waals surface area contributed by atoms with Crippen LogP contribution in [0.2, 0.25) is 5.02 Å². The fourth-order valence-electron chi connectivity index (χ4n) is 3.16. The largest absolute Gasteiger partial charge is 0.306 e. The Morgan fingerprint density at radius 3 is 2.88 bits per heavy atom. The van der Waals surface area contributed by atoms with Gasteiger partial charge in [0.1, 0.15) is 5.82 Å². The summed E-state index contributed by atoms with van der Waals surface area (Å²) in [6, 6.07) is 11.1. The topological polar surface area (TPSA) is 61.9 Å². The first kappa shape index (κ1) is 16.9. The van der Waals surface area contributed by atoms with Crippen molar-refractivity contribution in [2.24, 2.45) is 0 Å². The predicted octanol–water partition coefficient (Wildman–Crippen LogP) is 3.18. The van der Waals surface area contributed by atoms with Crippen molar-refractivity contribution in [2.45, 2.75) is 19.5 Å². The zero-order valence-electron chi connectivity index (χ0n) is 13.9. The summed E-state index contributed by atoms with van der Waals surface area (Å²) in [4.78, 5) is 25.7. The van der Waals surface area contributed by atoms with Crippen molar-refractivity contribution in [3.05, 3.63) is 80.7 Å². The Morgan fingerprint density at radius 2 is 2.08 bits per heavy atom. The van der Waals surface area contributed by atoms with E-state index >= 15 is 0 Å². The third-order valence-electron chi connectivity index (χ3n) is 4.47. The van der Waals surface area contributed by atoms with Crippen LogP contribution in [0.5, 0.6) is 0 Å². The maximum absolute atomic E-state index is 13.9. The summed E-state index contributed by atoms with van der Waals surface area (Å²) < 4.78 is 13.9. The van der Waals surface area contributed by atoms with E-state index < -0.39 is 5.95 Å². The molecule has 4 rings (SSSR count). The Bertz CT molecular complexity index is 1010. The standard InChI is InChI=1S/C19H16ClFN4O/c20-14-8-13(17(21)22-9-14)10-25-7-6-16-15(11-25)19(26)24-18(23-16)12-4-2-1-3-5-12/h1-5,8-9H,6-7,10-11H2,(H,23,24,26). The number of pyridine rings is 1. The molecule has 1 aliphatic rings. The molecule has 0 saturated heterocycles. The lowest BCUT2D eigenvalue weighted by Crippen LogP contribution is -2.35. The lowest BCUT2D eigenvalue weighted by molar-refractivity contribution is 0.237. The number of nitrogens with zero attached hydrogens (tertiary/aromatic N) is 3. The summed E-state index contributed by atoms with van der Waals surface area (Å²) in [7, 11) is 0. The Balaban J connectivity index is 1.59. The van der Waals surface area contributed by atoms with Crippen LogP contribution in [0.4, 0.5) is 4.39 Å². The number of halogens is 2. The second-order valence-corrected chi connectivity index (χ2v) is 6.71. The van der Waals surface area contributed by atoms with E-state index in [1.54, 1.807) is 6.07 Å². The maximum atomic E-state index is 13.9. The van der Waals surface area contributed by atoms with E-state index in [-0.39, 0.29) is 5.56 Å². The summed E-state index contributed by atoms with van der Waals surface area (Å²) in [5.74, 6) is 0.0412. The molecule has 0 radical (unpaired) electrons. The average Bonchev–Trinajstić information content (AvgIpc) is 2.66. The molecule has 2 aromatic heterocycles. The monoisotopic (exact) mass is 370 g/mol. The zero-order valence-corrected chi connectivity index (χ0v) is 14.6. The maximum Gasteiger partial charge on any atom is 0.255 e. The number of aromatic amines is 1. The van der Waals surface area contributed by atoms with Crippen LogP contribution in [0, 0.1) is 5.95 Å². The summed E-state index contributed by atoms with van der Waals surface area (Å²) >= 11 is 5.90. The molecule has 0 fully saturated rings. The molecule has 0 bridgehead atoms. The van der Waals surface area contributed by atoms with Crippen LogP contribution < -0.4 is 5.56 Å². The molecular formula is C19H16ClFN4O. The first-order valence-corrected chi connectivity index (χ1v) is 8.68. The molecule has 3 aromatic rings. The second-order valence-electron chi connectivity index (χ2n) is 6.27.